The fourth-order valence-corrected chi connectivity index (χ4v) is 1.65. The van der Waals surface area contributed by atoms with Gasteiger partial charge in [0.05, 0.1) is 0 Å². The van der Waals surface area contributed by atoms with E-state index in [1.165, 1.54) is 6.92 Å². The predicted octanol–water partition coefficient (Wildman–Crippen LogP) is 2.17. The molecule has 5 nitrogen and oxygen atoms in total. The number of carbonyl (C=O) groups is 1. The van der Waals surface area contributed by atoms with Gasteiger partial charge < -0.3 is 10.4 Å². The van der Waals surface area contributed by atoms with Crippen molar-refractivity contribution in [3.8, 4) is 0 Å². The fourth-order valence-electron chi connectivity index (χ4n) is 1.44. The second-order valence-corrected chi connectivity index (χ2v) is 3.95. The van der Waals surface area contributed by atoms with Gasteiger partial charge in [0.1, 0.15) is 6.04 Å². The lowest BCUT2D eigenvalue weighted by Crippen LogP contribution is -2.26. The maximum absolute atomic E-state index is 10.8. The highest BCUT2D eigenvalue weighted by atomic mass is 35.5. The second kappa shape index (κ2) is 4.55. The lowest BCUT2D eigenvalue weighted by molar-refractivity contribution is -0.137. The number of hydrogen-bond acceptors (Lipinski definition) is 4. The van der Waals surface area contributed by atoms with E-state index in [2.05, 4.69) is 15.5 Å². The summed E-state index contributed by atoms with van der Waals surface area (Å²) in [6.07, 6.45) is 0. The number of carboxylic acids is 1. The van der Waals surface area contributed by atoms with Crippen molar-refractivity contribution in [1.82, 2.24) is 10.2 Å². The van der Waals surface area contributed by atoms with Crippen molar-refractivity contribution in [2.75, 3.05) is 5.32 Å². The van der Waals surface area contributed by atoms with Crippen LogP contribution in [0, 0.1) is 0 Å². The molecule has 6 heteroatoms. The molecule has 2 N–H and O–H groups in total. The van der Waals surface area contributed by atoms with Crippen LogP contribution in [0.5, 0.6) is 0 Å². The molecule has 17 heavy (non-hydrogen) atoms. The van der Waals surface area contributed by atoms with E-state index in [4.69, 9.17) is 16.7 Å². The molecule has 1 atom stereocenters. The Kier molecular flexibility index (Phi) is 3.10. The average Bonchev–Trinajstić information content (AvgIpc) is 2.33. The summed E-state index contributed by atoms with van der Waals surface area (Å²) in [6, 6.07) is 6.54. The van der Waals surface area contributed by atoms with Crippen LogP contribution in [0.3, 0.4) is 0 Å². The molecule has 0 aliphatic carbocycles. The number of carboxylic acid groups (broad SMARTS) is 1. The molecule has 1 aromatic carbocycles. The molecule has 0 spiro atoms. The van der Waals surface area contributed by atoms with E-state index in [9.17, 15) is 4.79 Å². The Morgan fingerprint density at radius 2 is 2.00 bits per heavy atom. The minimum Gasteiger partial charge on any atom is -0.480 e. The summed E-state index contributed by atoms with van der Waals surface area (Å²) in [5, 5.41) is 21.1. The van der Waals surface area contributed by atoms with E-state index >= 15 is 0 Å². The predicted molar refractivity (Wildman–Crippen MR) is 65.3 cm³/mol. The zero-order valence-corrected chi connectivity index (χ0v) is 9.77. The third-order valence-corrected chi connectivity index (χ3v) is 2.65. The van der Waals surface area contributed by atoms with Crippen LogP contribution >= 0.6 is 11.6 Å². The molecule has 0 saturated heterocycles. The van der Waals surface area contributed by atoms with Gasteiger partial charge in [-0.25, -0.2) is 0 Å². The molecule has 0 unspecified atom stereocenters. The summed E-state index contributed by atoms with van der Waals surface area (Å²) in [5.41, 5.74) is 0. The van der Waals surface area contributed by atoms with Crippen LogP contribution in [0.15, 0.2) is 24.3 Å². The fraction of sp³-hybridized carbons (Fsp3) is 0.182. The molecule has 88 valence electrons. The quantitative estimate of drug-likeness (QED) is 0.874. The van der Waals surface area contributed by atoms with Gasteiger partial charge in [-0.3, -0.25) is 4.79 Å². The van der Waals surface area contributed by atoms with Gasteiger partial charge >= 0.3 is 5.97 Å². The smallest absolute Gasteiger partial charge is 0.325 e. The molecule has 0 bridgehead atoms. The number of benzene rings is 1. The zero-order valence-electron chi connectivity index (χ0n) is 9.01. The van der Waals surface area contributed by atoms with Crippen LogP contribution in [-0.2, 0) is 4.79 Å². The molecule has 0 aliphatic heterocycles. The monoisotopic (exact) mass is 251 g/mol. The maximum atomic E-state index is 10.8. The summed E-state index contributed by atoms with van der Waals surface area (Å²) >= 11 is 5.91. The van der Waals surface area contributed by atoms with E-state index in [1.54, 1.807) is 0 Å². The van der Waals surface area contributed by atoms with Gasteiger partial charge in [-0.1, -0.05) is 35.9 Å². The Morgan fingerprint density at radius 3 is 2.65 bits per heavy atom. The van der Waals surface area contributed by atoms with Crippen molar-refractivity contribution < 1.29 is 9.90 Å². The molecule has 1 heterocycles. The van der Waals surface area contributed by atoms with Crippen molar-refractivity contribution >= 4 is 34.2 Å². The Labute approximate surface area is 102 Å². The number of nitrogens with one attached hydrogen (secondary N) is 1. The minimum absolute atomic E-state index is 0.300. The largest absolute Gasteiger partial charge is 0.480 e. The Balaban J connectivity index is 2.48. The zero-order chi connectivity index (χ0) is 12.4. The first-order valence-electron chi connectivity index (χ1n) is 5.00. The van der Waals surface area contributed by atoms with Crippen LogP contribution in [0.4, 0.5) is 5.82 Å². The molecule has 0 saturated carbocycles. The second-order valence-electron chi connectivity index (χ2n) is 3.59. The Morgan fingerprint density at radius 1 is 1.35 bits per heavy atom. The Hall–Kier alpha value is -1.88. The maximum Gasteiger partial charge on any atom is 0.325 e. The summed E-state index contributed by atoms with van der Waals surface area (Å²) in [6.45, 7) is 1.54. The standard InChI is InChI=1S/C11H10ClN3O2/c1-6(11(16)17)13-10-8-5-3-2-4-7(8)9(12)14-15-10/h2-6H,1H3,(H,13,15)(H,16,17)/t6-/m0/s1. The van der Waals surface area contributed by atoms with Crippen molar-refractivity contribution in [3.05, 3.63) is 29.4 Å². The molecule has 1 aromatic heterocycles. The van der Waals surface area contributed by atoms with Crippen LogP contribution in [0.25, 0.3) is 10.8 Å². The van der Waals surface area contributed by atoms with Crippen LogP contribution in [0.2, 0.25) is 5.15 Å². The first-order valence-corrected chi connectivity index (χ1v) is 5.37. The molecule has 0 radical (unpaired) electrons. The van der Waals surface area contributed by atoms with Crippen LogP contribution in [-0.4, -0.2) is 27.3 Å². The van der Waals surface area contributed by atoms with Gasteiger partial charge in [0, 0.05) is 10.8 Å². The van der Waals surface area contributed by atoms with E-state index in [1.807, 2.05) is 24.3 Å². The van der Waals surface area contributed by atoms with Crippen molar-refractivity contribution in [2.45, 2.75) is 13.0 Å². The van der Waals surface area contributed by atoms with Gasteiger partial charge in [0.25, 0.3) is 0 Å². The van der Waals surface area contributed by atoms with Crippen LogP contribution < -0.4 is 5.32 Å². The number of fused-ring (bicyclic) bond motifs is 1. The number of rotatable bonds is 3. The molecule has 2 rings (SSSR count). The number of nitrogens with zero attached hydrogens (tertiary/aromatic N) is 2. The molecule has 0 amide bonds. The first-order chi connectivity index (χ1) is 8.09. The highest BCUT2D eigenvalue weighted by Crippen LogP contribution is 2.25. The SMILES string of the molecule is C[C@H](Nc1nnc(Cl)c2ccccc12)C(=O)O. The topological polar surface area (TPSA) is 75.1 Å². The highest BCUT2D eigenvalue weighted by Gasteiger charge is 2.14. The number of anilines is 1. The van der Waals surface area contributed by atoms with E-state index < -0.39 is 12.0 Å². The van der Waals surface area contributed by atoms with E-state index in [0.717, 1.165) is 10.8 Å². The summed E-state index contributed by atoms with van der Waals surface area (Å²) in [4.78, 5) is 10.8. The summed E-state index contributed by atoms with van der Waals surface area (Å²) in [5.74, 6) is -0.536. The van der Waals surface area contributed by atoms with E-state index in [-0.39, 0.29) is 0 Å². The third kappa shape index (κ3) is 2.29. The average molecular weight is 252 g/mol. The number of aliphatic carboxylic acids is 1. The van der Waals surface area contributed by atoms with Crippen LogP contribution in [0.1, 0.15) is 6.92 Å². The normalized spacial score (nSPS) is 12.4. The molecular formula is C11H10ClN3O2. The van der Waals surface area contributed by atoms with E-state index in [0.29, 0.717) is 11.0 Å². The molecular weight excluding hydrogens is 242 g/mol. The van der Waals surface area contributed by atoms with Crippen molar-refractivity contribution in [3.63, 3.8) is 0 Å². The number of hydrogen-bond donors (Lipinski definition) is 2. The van der Waals surface area contributed by atoms with Crippen molar-refractivity contribution in [1.29, 1.82) is 0 Å². The number of aromatic nitrogens is 2. The molecule has 0 fully saturated rings. The third-order valence-electron chi connectivity index (χ3n) is 2.37. The molecule has 2 aromatic rings. The first kappa shape index (κ1) is 11.6. The highest BCUT2D eigenvalue weighted by molar-refractivity contribution is 6.34. The lowest BCUT2D eigenvalue weighted by Gasteiger charge is -2.11. The number of halogens is 1. The molecule has 0 aliphatic rings. The minimum atomic E-state index is -0.953. The van der Waals surface area contributed by atoms with Crippen molar-refractivity contribution in [2.24, 2.45) is 0 Å². The van der Waals surface area contributed by atoms with Gasteiger partial charge in [-0.15, -0.1) is 10.2 Å². The Bertz CT molecular complexity index is 574. The van der Waals surface area contributed by atoms with Gasteiger partial charge in [0.2, 0.25) is 0 Å². The van der Waals surface area contributed by atoms with Gasteiger partial charge in [0.15, 0.2) is 11.0 Å². The summed E-state index contributed by atoms with van der Waals surface area (Å²) in [7, 11) is 0. The van der Waals surface area contributed by atoms with Gasteiger partial charge in [-0.2, -0.15) is 0 Å². The lowest BCUT2D eigenvalue weighted by atomic mass is 10.2. The van der Waals surface area contributed by atoms with Gasteiger partial charge in [-0.05, 0) is 6.92 Å². The summed E-state index contributed by atoms with van der Waals surface area (Å²) < 4.78 is 0.